The fourth-order valence-corrected chi connectivity index (χ4v) is 1.30. The van der Waals surface area contributed by atoms with Gasteiger partial charge in [0.1, 0.15) is 11.5 Å². The van der Waals surface area contributed by atoms with Crippen LogP contribution in [0.5, 0.6) is 5.75 Å². The Hall–Kier alpha value is -1.15. The van der Waals surface area contributed by atoms with Gasteiger partial charge in [0.15, 0.2) is 0 Å². The molecule has 0 saturated heterocycles. The SMILES string of the molecule is COC(=O)Oc1ccc(CC[SH2+])cc1.F[P-](F)(F)(F)(F)F. The second kappa shape index (κ2) is 6.31. The number of benzene rings is 1. The number of aryl methyl sites for hydroxylation is 1. The van der Waals surface area contributed by atoms with Crippen LogP contribution in [0.3, 0.4) is 0 Å². The third-order valence-electron chi connectivity index (χ3n) is 1.70. The fourth-order valence-electron chi connectivity index (χ4n) is 1.01. The number of ether oxygens (including phenoxy) is 2. The molecule has 0 aromatic heterocycles. The molecule has 0 N–H and O–H groups in total. The first kappa shape index (κ1) is 19.8. The van der Waals surface area contributed by atoms with E-state index in [1.54, 1.807) is 12.1 Å². The number of hydrogen-bond acceptors (Lipinski definition) is 3. The summed E-state index contributed by atoms with van der Waals surface area (Å²) >= 11 is 3.40. The zero-order chi connectivity index (χ0) is 16.8. The number of carbonyl (C=O) groups is 1. The van der Waals surface area contributed by atoms with Crippen molar-refractivity contribution in [2.75, 3.05) is 12.9 Å². The Morgan fingerprint density at radius 3 is 1.86 bits per heavy atom. The molecule has 0 saturated carbocycles. The standard InChI is InChI=1S/C10H12O3S.F6P/c1-12-10(11)13-9-4-2-8(3-5-9)6-7-14;1-7(2,3,4,5)6/h2-5,14H,6-7H2,1H3;/q;-1/p+1. The average molecular weight is 358 g/mol. The van der Waals surface area contributed by atoms with Crippen LogP contribution in [0.4, 0.5) is 30.0 Å². The number of hydrogen-bond donors (Lipinski definition) is 0. The summed E-state index contributed by atoms with van der Waals surface area (Å²) in [7, 11) is -9.38. The zero-order valence-corrected chi connectivity index (χ0v) is 12.6. The molecule has 0 aliphatic heterocycles. The Morgan fingerprint density at radius 1 is 1.10 bits per heavy atom. The molecule has 21 heavy (non-hydrogen) atoms. The van der Waals surface area contributed by atoms with Gasteiger partial charge >= 0.3 is 39.1 Å². The molecule has 0 bridgehead atoms. The van der Waals surface area contributed by atoms with E-state index in [4.69, 9.17) is 4.74 Å². The molecule has 0 spiro atoms. The summed E-state index contributed by atoms with van der Waals surface area (Å²) in [4.78, 5) is 10.7. The summed E-state index contributed by atoms with van der Waals surface area (Å²) in [6.45, 7) is 0. The van der Waals surface area contributed by atoms with Crippen molar-refractivity contribution in [3.8, 4) is 5.75 Å². The second-order valence-electron chi connectivity index (χ2n) is 3.66. The number of halogens is 6. The molecular formula is C10H13F6O3PS. The first-order valence-electron chi connectivity index (χ1n) is 5.27. The third kappa shape index (κ3) is 16.8. The van der Waals surface area contributed by atoms with Gasteiger partial charge in [-0.3, -0.25) is 0 Å². The maximum atomic E-state index is 10.7. The molecule has 0 unspecified atom stereocenters. The van der Waals surface area contributed by atoms with Crippen LogP contribution in [0.1, 0.15) is 5.56 Å². The number of methoxy groups -OCH3 is 1. The van der Waals surface area contributed by atoms with Crippen LogP contribution in [-0.4, -0.2) is 19.0 Å². The number of carbonyl (C=O) groups excluding carboxylic acids is 1. The van der Waals surface area contributed by atoms with Gasteiger partial charge in [0.05, 0.1) is 7.11 Å². The summed E-state index contributed by atoms with van der Waals surface area (Å²) < 4.78 is 68.4. The summed E-state index contributed by atoms with van der Waals surface area (Å²) in [6.07, 6.45) is 0.257. The topological polar surface area (TPSA) is 35.5 Å². The fraction of sp³-hybridized carbons (Fsp3) is 0.300. The normalized spacial score (nSPS) is 14.1. The minimum absolute atomic E-state index is 0.495. The first-order valence-corrected chi connectivity index (χ1v) is 8.00. The molecular weight excluding hydrogens is 345 g/mol. The molecule has 0 aliphatic rings. The van der Waals surface area contributed by atoms with E-state index in [1.165, 1.54) is 12.7 Å². The van der Waals surface area contributed by atoms with Gasteiger partial charge in [0.25, 0.3) is 0 Å². The molecule has 1 aromatic carbocycles. The van der Waals surface area contributed by atoms with Gasteiger partial charge in [-0.2, -0.15) is 0 Å². The Labute approximate surface area is 121 Å². The van der Waals surface area contributed by atoms with E-state index < -0.39 is 14.0 Å². The van der Waals surface area contributed by atoms with E-state index in [2.05, 4.69) is 17.4 Å². The van der Waals surface area contributed by atoms with Crippen molar-refractivity contribution in [2.24, 2.45) is 0 Å². The van der Waals surface area contributed by atoms with Crippen LogP contribution in [-0.2, 0) is 23.8 Å². The summed E-state index contributed by atoms with van der Waals surface area (Å²) in [5.74, 6) is 1.41. The molecule has 1 rings (SSSR count). The van der Waals surface area contributed by atoms with E-state index in [-0.39, 0.29) is 0 Å². The summed E-state index contributed by atoms with van der Waals surface area (Å²) in [6, 6.07) is 7.32. The molecule has 124 valence electrons. The molecule has 3 nitrogen and oxygen atoms in total. The van der Waals surface area contributed by atoms with Crippen LogP contribution in [0.15, 0.2) is 24.3 Å². The van der Waals surface area contributed by atoms with E-state index in [0.717, 1.165) is 12.2 Å². The summed E-state index contributed by atoms with van der Waals surface area (Å²) in [5.41, 5.74) is 1.19. The molecule has 0 radical (unpaired) electrons. The van der Waals surface area contributed by atoms with Gasteiger partial charge < -0.3 is 9.47 Å². The number of rotatable bonds is 3. The van der Waals surface area contributed by atoms with Gasteiger partial charge in [0.2, 0.25) is 0 Å². The van der Waals surface area contributed by atoms with Gasteiger partial charge in [-0.25, -0.2) is 4.79 Å². The van der Waals surface area contributed by atoms with Crippen molar-refractivity contribution in [1.29, 1.82) is 0 Å². The maximum absolute atomic E-state index is 10.7. The molecule has 0 atom stereocenters. The van der Waals surface area contributed by atoms with Crippen LogP contribution < -0.4 is 4.74 Å². The average Bonchev–Trinajstić information content (AvgIpc) is 2.28. The van der Waals surface area contributed by atoms with Gasteiger partial charge in [-0.15, -0.1) is 0 Å². The van der Waals surface area contributed by atoms with Crippen molar-refractivity contribution < 1.29 is 39.4 Å². The third-order valence-corrected chi connectivity index (χ3v) is 1.95. The Balaban J connectivity index is 0.000000486. The Bertz CT molecular complexity index is 461. The quantitative estimate of drug-likeness (QED) is 0.257. The molecule has 0 aliphatic carbocycles. The first-order chi connectivity index (χ1) is 9.21. The second-order valence-corrected chi connectivity index (χ2v) is 6.08. The predicted molar refractivity (Wildman–Crippen MR) is 71.8 cm³/mol. The predicted octanol–water partition coefficient (Wildman–Crippen LogP) is 4.77. The van der Waals surface area contributed by atoms with E-state index in [9.17, 15) is 30.0 Å². The van der Waals surface area contributed by atoms with Crippen LogP contribution >= 0.6 is 7.81 Å². The van der Waals surface area contributed by atoms with Gasteiger partial charge in [0, 0.05) is 6.42 Å². The zero-order valence-electron chi connectivity index (χ0n) is 10.7. The Kier molecular flexibility index (Phi) is 5.97. The monoisotopic (exact) mass is 358 g/mol. The van der Waals surface area contributed by atoms with Crippen molar-refractivity contribution in [2.45, 2.75) is 6.42 Å². The molecule has 1 aromatic rings. The molecule has 11 heteroatoms. The van der Waals surface area contributed by atoms with Crippen LogP contribution in [0.25, 0.3) is 0 Å². The van der Waals surface area contributed by atoms with E-state index >= 15 is 0 Å². The van der Waals surface area contributed by atoms with Crippen molar-refractivity contribution in [3.05, 3.63) is 29.8 Å². The van der Waals surface area contributed by atoms with Crippen molar-refractivity contribution >= 4 is 26.6 Å². The van der Waals surface area contributed by atoms with Crippen LogP contribution in [0, 0.1) is 0 Å². The molecule has 0 heterocycles. The van der Waals surface area contributed by atoms with E-state index in [0.29, 0.717) is 5.75 Å². The van der Waals surface area contributed by atoms with Gasteiger partial charge in [-0.1, -0.05) is 12.1 Å². The minimum atomic E-state index is -10.7. The van der Waals surface area contributed by atoms with Crippen molar-refractivity contribution in [3.63, 3.8) is 0 Å². The van der Waals surface area contributed by atoms with E-state index in [1.807, 2.05) is 12.1 Å². The Morgan fingerprint density at radius 2 is 1.52 bits per heavy atom. The molecule has 0 amide bonds. The summed E-state index contributed by atoms with van der Waals surface area (Å²) in [5, 5.41) is 0. The molecule has 0 fully saturated rings. The van der Waals surface area contributed by atoms with Gasteiger partial charge in [-0.05, 0) is 30.3 Å². The van der Waals surface area contributed by atoms with Crippen LogP contribution in [0.2, 0.25) is 0 Å². The van der Waals surface area contributed by atoms with Crippen molar-refractivity contribution in [1.82, 2.24) is 0 Å².